The maximum atomic E-state index is 10.9. The molecular formula is C12H23IN4O2S2. The van der Waals surface area contributed by atoms with Crippen molar-refractivity contribution in [1.82, 2.24) is 15.4 Å². The molecular weight excluding hydrogens is 423 g/mol. The number of nitrogens with zero attached hydrogens (tertiary/aromatic N) is 1. The Morgan fingerprint density at radius 3 is 2.57 bits per heavy atom. The minimum Gasteiger partial charge on any atom is -0.357 e. The summed E-state index contributed by atoms with van der Waals surface area (Å²) >= 11 is 1.69. The molecule has 122 valence electrons. The molecule has 0 atom stereocenters. The van der Waals surface area contributed by atoms with Gasteiger partial charge in [-0.25, -0.2) is 18.1 Å². The van der Waals surface area contributed by atoms with E-state index in [-0.39, 0.29) is 24.0 Å². The van der Waals surface area contributed by atoms with Crippen LogP contribution in [0.25, 0.3) is 0 Å². The molecule has 1 aromatic rings. The van der Waals surface area contributed by atoms with Crippen LogP contribution in [0.2, 0.25) is 0 Å². The number of thiophene rings is 1. The van der Waals surface area contributed by atoms with Crippen LogP contribution in [0.4, 0.5) is 0 Å². The number of halogens is 1. The maximum absolute atomic E-state index is 10.9. The van der Waals surface area contributed by atoms with E-state index in [4.69, 9.17) is 0 Å². The molecule has 3 N–H and O–H groups in total. The molecule has 0 aromatic carbocycles. The molecule has 0 bridgehead atoms. The molecule has 6 nitrogen and oxygen atoms in total. The van der Waals surface area contributed by atoms with Crippen LogP contribution >= 0.6 is 35.3 Å². The summed E-state index contributed by atoms with van der Waals surface area (Å²) < 4.78 is 24.3. The number of rotatable bonds is 7. The fraction of sp³-hybridized carbons (Fsp3) is 0.583. The van der Waals surface area contributed by atoms with Crippen LogP contribution in [-0.4, -0.2) is 40.3 Å². The molecule has 1 rings (SSSR count). The van der Waals surface area contributed by atoms with Crippen molar-refractivity contribution in [2.45, 2.75) is 20.4 Å². The number of aliphatic imine (C=N–C) groups is 1. The highest BCUT2D eigenvalue weighted by Crippen LogP contribution is 2.16. The summed E-state index contributed by atoms with van der Waals surface area (Å²) in [4.78, 5) is 5.71. The first kappa shape index (κ1) is 20.6. The number of hydrogen-bond donors (Lipinski definition) is 3. The van der Waals surface area contributed by atoms with Crippen molar-refractivity contribution in [3.05, 3.63) is 21.9 Å². The standard InChI is InChI=1S/C12H22N4O2S2.HI/c1-4-13-12(14-6-7-16-20(3,17)18)15-9-11-10(2)5-8-19-11;/h5,8,16H,4,6-7,9H2,1-3H3,(H2,13,14,15);1H. The van der Waals surface area contributed by atoms with Crippen LogP contribution in [0.3, 0.4) is 0 Å². The van der Waals surface area contributed by atoms with Crippen LogP contribution in [-0.2, 0) is 16.6 Å². The molecule has 0 aliphatic heterocycles. The largest absolute Gasteiger partial charge is 0.357 e. The van der Waals surface area contributed by atoms with Gasteiger partial charge in [0.15, 0.2) is 5.96 Å². The van der Waals surface area contributed by atoms with Gasteiger partial charge >= 0.3 is 0 Å². The summed E-state index contributed by atoms with van der Waals surface area (Å²) in [6.07, 6.45) is 1.14. The monoisotopic (exact) mass is 446 g/mol. The Bertz CT molecular complexity index is 543. The predicted molar refractivity (Wildman–Crippen MR) is 100 cm³/mol. The van der Waals surface area contributed by atoms with Crippen molar-refractivity contribution in [2.24, 2.45) is 4.99 Å². The number of aryl methyl sites for hydroxylation is 1. The zero-order valence-electron chi connectivity index (χ0n) is 12.5. The van der Waals surface area contributed by atoms with Gasteiger partial charge in [-0.3, -0.25) is 0 Å². The fourth-order valence-electron chi connectivity index (χ4n) is 1.48. The van der Waals surface area contributed by atoms with Gasteiger partial charge in [0.05, 0.1) is 12.8 Å². The van der Waals surface area contributed by atoms with Crippen molar-refractivity contribution in [3.63, 3.8) is 0 Å². The second-order valence-corrected chi connectivity index (χ2v) is 7.15. The first-order valence-electron chi connectivity index (χ1n) is 6.42. The molecule has 0 aliphatic rings. The van der Waals surface area contributed by atoms with E-state index < -0.39 is 10.0 Å². The fourth-order valence-corrected chi connectivity index (χ4v) is 2.78. The SMILES string of the molecule is CCNC(=NCc1sccc1C)NCCNS(C)(=O)=O.I. The Morgan fingerprint density at radius 1 is 1.33 bits per heavy atom. The van der Waals surface area contributed by atoms with Gasteiger partial charge in [0, 0.05) is 24.5 Å². The van der Waals surface area contributed by atoms with E-state index in [9.17, 15) is 8.42 Å². The molecule has 1 aromatic heterocycles. The topological polar surface area (TPSA) is 82.6 Å². The molecule has 0 radical (unpaired) electrons. The first-order valence-corrected chi connectivity index (χ1v) is 9.19. The van der Waals surface area contributed by atoms with E-state index in [1.54, 1.807) is 11.3 Å². The minimum atomic E-state index is -3.14. The number of guanidine groups is 1. The number of sulfonamides is 1. The zero-order valence-corrected chi connectivity index (χ0v) is 16.4. The van der Waals surface area contributed by atoms with Crippen LogP contribution < -0.4 is 15.4 Å². The smallest absolute Gasteiger partial charge is 0.208 e. The molecule has 0 spiro atoms. The molecule has 0 saturated heterocycles. The van der Waals surface area contributed by atoms with E-state index in [0.29, 0.717) is 25.6 Å². The third-order valence-corrected chi connectivity index (χ3v) is 4.21. The molecule has 9 heteroatoms. The predicted octanol–water partition coefficient (Wildman–Crippen LogP) is 1.28. The average Bonchev–Trinajstić information content (AvgIpc) is 2.76. The Labute approximate surface area is 147 Å². The highest BCUT2D eigenvalue weighted by atomic mass is 127. The number of hydrogen-bond acceptors (Lipinski definition) is 4. The normalized spacial score (nSPS) is 11.9. The van der Waals surface area contributed by atoms with E-state index in [1.165, 1.54) is 10.4 Å². The van der Waals surface area contributed by atoms with Crippen LogP contribution in [0.5, 0.6) is 0 Å². The van der Waals surface area contributed by atoms with Crippen molar-refractivity contribution >= 4 is 51.3 Å². The minimum absolute atomic E-state index is 0. The van der Waals surface area contributed by atoms with Gasteiger partial charge in [0.1, 0.15) is 0 Å². The van der Waals surface area contributed by atoms with Gasteiger partial charge in [-0.1, -0.05) is 0 Å². The van der Waals surface area contributed by atoms with Gasteiger partial charge in [0.2, 0.25) is 10.0 Å². The van der Waals surface area contributed by atoms with Gasteiger partial charge in [0.25, 0.3) is 0 Å². The zero-order chi connectivity index (χ0) is 15.0. The quantitative estimate of drug-likeness (QED) is 0.255. The molecule has 0 aliphatic carbocycles. The Morgan fingerprint density at radius 2 is 2.05 bits per heavy atom. The second-order valence-electron chi connectivity index (χ2n) is 4.32. The van der Waals surface area contributed by atoms with E-state index in [1.807, 2.05) is 6.92 Å². The summed E-state index contributed by atoms with van der Waals surface area (Å²) in [6, 6.07) is 2.08. The summed E-state index contributed by atoms with van der Waals surface area (Å²) in [5.74, 6) is 0.690. The lowest BCUT2D eigenvalue weighted by Crippen LogP contribution is -2.41. The summed E-state index contributed by atoms with van der Waals surface area (Å²) in [5, 5.41) is 8.27. The number of nitrogens with one attached hydrogen (secondary N) is 3. The highest BCUT2D eigenvalue weighted by Gasteiger charge is 2.02. The van der Waals surface area contributed by atoms with Crippen molar-refractivity contribution in [1.29, 1.82) is 0 Å². The van der Waals surface area contributed by atoms with Crippen LogP contribution in [0.15, 0.2) is 16.4 Å². The first-order chi connectivity index (χ1) is 9.42. The molecule has 0 unspecified atom stereocenters. The molecule has 0 fully saturated rings. The third-order valence-electron chi connectivity index (χ3n) is 2.47. The van der Waals surface area contributed by atoms with E-state index in [0.717, 1.165) is 12.8 Å². The molecule has 0 saturated carbocycles. The third kappa shape index (κ3) is 9.27. The van der Waals surface area contributed by atoms with E-state index >= 15 is 0 Å². The van der Waals surface area contributed by atoms with Gasteiger partial charge in [-0.05, 0) is 30.9 Å². The molecule has 1 heterocycles. The summed E-state index contributed by atoms with van der Waals surface area (Å²) in [7, 11) is -3.14. The molecule has 0 amide bonds. The molecule has 21 heavy (non-hydrogen) atoms. The maximum Gasteiger partial charge on any atom is 0.208 e. The highest BCUT2D eigenvalue weighted by molar-refractivity contribution is 14.0. The van der Waals surface area contributed by atoms with Crippen LogP contribution in [0.1, 0.15) is 17.4 Å². The van der Waals surface area contributed by atoms with E-state index in [2.05, 4.69) is 38.7 Å². The van der Waals surface area contributed by atoms with Crippen LogP contribution in [0, 0.1) is 6.92 Å². The van der Waals surface area contributed by atoms with Crippen molar-refractivity contribution in [3.8, 4) is 0 Å². The Balaban J connectivity index is 0.00000400. The Kier molecular flexibility index (Phi) is 10.2. The van der Waals surface area contributed by atoms with Crippen molar-refractivity contribution in [2.75, 3.05) is 25.9 Å². The summed E-state index contributed by atoms with van der Waals surface area (Å²) in [5.41, 5.74) is 1.24. The second kappa shape index (κ2) is 10.4. The lowest BCUT2D eigenvalue weighted by molar-refractivity contribution is 0.586. The van der Waals surface area contributed by atoms with Gasteiger partial charge in [-0.15, -0.1) is 35.3 Å². The Hall–Kier alpha value is -0.390. The lowest BCUT2D eigenvalue weighted by atomic mass is 10.3. The average molecular weight is 446 g/mol. The van der Waals surface area contributed by atoms with Gasteiger partial charge < -0.3 is 10.6 Å². The van der Waals surface area contributed by atoms with Crippen molar-refractivity contribution < 1.29 is 8.42 Å². The lowest BCUT2D eigenvalue weighted by Gasteiger charge is -2.11. The van der Waals surface area contributed by atoms with Gasteiger partial charge in [-0.2, -0.15) is 0 Å². The summed E-state index contributed by atoms with van der Waals surface area (Å²) in [6.45, 7) is 6.26.